The minimum atomic E-state index is -0.670. The van der Waals surface area contributed by atoms with Crippen LogP contribution < -0.4 is 10.1 Å². The normalized spacial score (nSPS) is 12.0. The van der Waals surface area contributed by atoms with Gasteiger partial charge in [-0.2, -0.15) is 0 Å². The van der Waals surface area contributed by atoms with Gasteiger partial charge >= 0.3 is 0 Å². The fourth-order valence-electron chi connectivity index (χ4n) is 4.16. The average Bonchev–Trinajstić information content (AvgIpc) is 2.84. The van der Waals surface area contributed by atoms with Gasteiger partial charge in [0.2, 0.25) is 5.91 Å². The van der Waals surface area contributed by atoms with Gasteiger partial charge in [0, 0.05) is 20.0 Å². The summed E-state index contributed by atoms with van der Waals surface area (Å²) in [5.74, 6) is 0.244. The molecule has 0 aliphatic rings. The van der Waals surface area contributed by atoms with Gasteiger partial charge in [-0.1, -0.05) is 99.1 Å². The van der Waals surface area contributed by atoms with Crippen molar-refractivity contribution in [1.82, 2.24) is 10.2 Å². The van der Waals surface area contributed by atoms with Crippen molar-refractivity contribution in [2.24, 2.45) is 0 Å². The summed E-state index contributed by atoms with van der Waals surface area (Å²) in [6.45, 7) is 8.52. The van der Waals surface area contributed by atoms with Crippen molar-refractivity contribution < 1.29 is 14.3 Å². The van der Waals surface area contributed by atoms with Crippen LogP contribution in [0.1, 0.15) is 43.0 Å². The van der Waals surface area contributed by atoms with Gasteiger partial charge in [-0.25, -0.2) is 0 Å². The number of rotatable bonds is 9. The number of nitrogens with one attached hydrogen (secondary N) is 1. The number of likely N-dealkylation sites (N-methyl/N-ethyl adjacent to an activating group) is 1. The lowest BCUT2D eigenvalue weighted by atomic mass is 9.86. The van der Waals surface area contributed by atoms with E-state index < -0.39 is 6.04 Å². The minimum Gasteiger partial charge on any atom is -0.483 e. The first-order valence-corrected chi connectivity index (χ1v) is 12.0. The van der Waals surface area contributed by atoms with Gasteiger partial charge in [-0.15, -0.1) is 0 Å². The van der Waals surface area contributed by atoms with Crippen LogP contribution in [0.4, 0.5) is 0 Å². The lowest BCUT2D eigenvalue weighted by Gasteiger charge is -2.31. The summed E-state index contributed by atoms with van der Waals surface area (Å²) in [6, 6.07) is 24.9. The molecule has 0 aromatic heterocycles. The zero-order valence-electron chi connectivity index (χ0n) is 21.4. The first-order valence-electron chi connectivity index (χ1n) is 12.0. The number of para-hydroxylation sites is 1. The maximum atomic E-state index is 13.6. The number of carbonyl (C=O) groups is 2. The van der Waals surface area contributed by atoms with E-state index in [4.69, 9.17) is 4.74 Å². The number of amides is 2. The van der Waals surface area contributed by atoms with E-state index in [2.05, 4.69) is 26.1 Å². The van der Waals surface area contributed by atoms with Crippen LogP contribution in [-0.4, -0.2) is 36.4 Å². The summed E-state index contributed by atoms with van der Waals surface area (Å²) < 4.78 is 6.06. The molecule has 0 aliphatic carbocycles. The molecule has 0 bridgehead atoms. The molecule has 0 heterocycles. The van der Waals surface area contributed by atoms with Crippen LogP contribution in [-0.2, 0) is 28.0 Å². The largest absolute Gasteiger partial charge is 0.483 e. The second-order valence-corrected chi connectivity index (χ2v) is 9.87. The van der Waals surface area contributed by atoms with Gasteiger partial charge in [-0.05, 0) is 35.1 Å². The van der Waals surface area contributed by atoms with Crippen LogP contribution in [0, 0.1) is 6.92 Å². The molecule has 0 saturated carbocycles. The van der Waals surface area contributed by atoms with Crippen LogP contribution in [0.15, 0.2) is 78.9 Å². The summed E-state index contributed by atoms with van der Waals surface area (Å²) in [4.78, 5) is 28.3. The number of benzene rings is 3. The Kier molecular flexibility index (Phi) is 8.69. The van der Waals surface area contributed by atoms with E-state index in [0.717, 1.165) is 22.3 Å². The first-order chi connectivity index (χ1) is 16.7. The van der Waals surface area contributed by atoms with Gasteiger partial charge in [0.15, 0.2) is 6.61 Å². The fraction of sp³-hybridized carbons (Fsp3) is 0.333. The summed E-state index contributed by atoms with van der Waals surface area (Å²) in [7, 11) is 1.60. The van der Waals surface area contributed by atoms with Gasteiger partial charge < -0.3 is 15.0 Å². The molecule has 35 heavy (non-hydrogen) atoms. The number of hydrogen-bond donors (Lipinski definition) is 1. The van der Waals surface area contributed by atoms with Crippen molar-refractivity contribution in [3.05, 3.63) is 101 Å². The Morgan fingerprint density at radius 3 is 2.23 bits per heavy atom. The molecule has 3 rings (SSSR count). The molecule has 0 radical (unpaired) electrons. The Morgan fingerprint density at radius 2 is 1.57 bits per heavy atom. The Morgan fingerprint density at radius 1 is 0.914 bits per heavy atom. The Balaban J connectivity index is 1.91. The molecule has 5 heteroatoms. The monoisotopic (exact) mass is 472 g/mol. The SMILES string of the molecule is CNC(=O)[C@@H](Cc1ccccc1)N(Cc1cccc(C)c1)C(=O)COc1ccccc1C(C)(C)C. The standard InChI is InChI=1S/C30H36N2O3/c1-22-12-11-15-24(18-22)20-32(26(29(34)31-5)19-23-13-7-6-8-14-23)28(33)21-35-27-17-10-9-16-25(27)30(2,3)4/h6-18,26H,19-21H2,1-5H3,(H,31,34)/t26-/m1/s1. The highest BCUT2D eigenvalue weighted by atomic mass is 16.5. The Labute approximate surface area is 209 Å². The van der Waals surface area contributed by atoms with E-state index in [-0.39, 0.29) is 23.8 Å². The van der Waals surface area contributed by atoms with E-state index >= 15 is 0 Å². The average molecular weight is 473 g/mol. The van der Waals surface area contributed by atoms with Crippen molar-refractivity contribution in [3.8, 4) is 5.75 Å². The topological polar surface area (TPSA) is 58.6 Å². The molecule has 3 aromatic carbocycles. The molecule has 184 valence electrons. The summed E-state index contributed by atoms with van der Waals surface area (Å²) in [6.07, 6.45) is 0.413. The lowest BCUT2D eigenvalue weighted by Crippen LogP contribution is -2.51. The Hall–Kier alpha value is -3.60. The van der Waals surface area contributed by atoms with Crippen molar-refractivity contribution in [1.29, 1.82) is 0 Å². The third-order valence-electron chi connectivity index (χ3n) is 6.00. The molecule has 1 atom stereocenters. The maximum absolute atomic E-state index is 13.6. The number of aryl methyl sites for hydroxylation is 1. The van der Waals surface area contributed by atoms with E-state index in [1.165, 1.54) is 0 Å². The van der Waals surface area contributed by atoms with Gasteiger partial charge in [-0.3, -0.25) is 9.59 Å². The summed E-state index contributed by atoms with van der Waals surface area (Å²) >= 11 is 0. The molecule has 0 unspecified atom stereocenters. The molecule has 0 fully saturated rings. The second kappa shape index (κ2) is 11.7. The van der Waals surface area contributed by atoms with Gasteiger partial charge in [0.05, 0.1) is 0 Å². The minimum absolute atomic E-state index is 0.126. The van der Waals surface area contributed by atoms with Crippen LogP contribution >= 0.6 is 0 Å². The van der Waals surface area contributed by atoms with Crippen LogP contribution in [0.3, 0.4) is 0 Å². The Bertz CT molecular complexity index is 1140. The highest BCUT2D eigenvalue weighted by molar-refractivity contribution is 5.88. The molecule has 0 saturated heterocycles. The van der Waals surface area contributed by atoms with Crippen LogP contribution in [0.5, 0.6) is 5.75 Å². The predicted molar refractivity (Wildman–Crippen MR) is 140 cm³/mol. The van der Waals surface area contributed by atoms with Crippen molar-refractivity contribution in [2.75, 3.05) is 13.7 Å². The third kappa shape index (κ3) is 7.19. The van der Waals surface area contributed by atoms with Gasteiger partial charge in [0.1, 0.15) is 11.8 Å². The van der Waals surface area contributed by atoms with E-state index in [9.17, 15) is 9.59 Å². The quantitative estimate of drug-likeness (QED) is 0.474. The predicted octanol–water partition coefficient (Wildman–Crippen LogP) is 5.06. The number of ether oxygens (including phenoxy) is 1. The molecule has 5 nitrogen and oxygen atoms in total. The van der Waals surface area contributed by atoms with E-state index in [0.29, 0.717) is 18.7 Å². The van der Waals surface area contributed by atoms with Crippen LogP contribution in [0.25, 0.3) is 0 Å². The fourth-order valence-corrected chi connectivity index (χ4v) is 4.16. The number of nitrogens with zero attached hydrogens (tertiary/aromatic N) is 1. The zero-order chi connectivity index (χ0) is 25.4. The molecular weight excluding hydrogens is 436 g/mol. The highest BCUT2D eigenvalue weighted by Gasteiger charge is 2.30. The molecular formula is C30H36N2O3. The molecule has 3 aromatic rings. The van der Waals surface area contributed by atoms with Crippen molar-refractivity contribution in [3.63, 3.8) is 0 Å². The van der Waals surface area contributed by atoms with Crippen LogP contribution in [0.2, 0.25) is 0 Å². The summed E-state index contributed by atoms with van der Waals surface area (Å²) in [5.41, 5.74) is 3.96. The zero-order valence-corrected chi connectivity index (χ0v) is 21.4. The van der Waals surface area contributed by atoms with E-state index in [1.807, 2.05) is 85.8 Å². The van der Waals surface area contributed by atoms with Crippen molar-refractivity contribution in [2.45, 2.75) is 52.1 Å². The molecule has 1 N–H and O–H groups in total. The smallest absolute Gasteiger partial charge is 0.261 e. The number of hydrogen-bond acceptors (Lipinski definition) is 3. The third-order valence-corrected chi connectivity index (χ3v) is 6.00. The highest BCUT2D eigenvalue weighted by Crippen LogP contribution is 2.31. The molecule has 0 spiro atoms. The first kappa shape index (κ1) is 26.0. The lowest BCUT2D eigenvalue weighted by molar-refractivity contribution is -0.142. The second-order valence-electron chi connectivity index (χ2n) is 9.87. The molecule has 2 amide bonds. The van der Waals surface area contributed by atoms with E-state index in [1.54, 1.807) is 11.9 Å². The number of carbonyl (C=O) groups excluding carboxylic acids is 2. The maximum Gasteiger partial charge on any atom is 0.261 e. The van der Waals surface area contributed by atoms with Gasteiger partial charge in [0.25, 0.3) is 5.91 Å². The molecule has 0 aliphatic heterocycles. The summed E-state index contributed by atoms with van der Waals surface area (Å²) in [5, 5.41) is 2.75. The van der Waals surface area contributed by atoms with Crippen molar-refractivity contribution >= 4 is 11.8 Å².